The average Bonchev–Trinajstić information content (AvgIpc) is 2.32. The van der Waals surface area contributed by atoms with Crippen LogP contribution in [0.4, 0.5) is 8.78 Å². The molecule has 1 heterocycles. The third kappa shape index (κ3) is 1.92. The second-order valence-electron chi connectivity index (χ2n) is 3.36. The lowest BCUT2D eigenvalue weighted by atomic mass is 10.0. The van der Waals surface area contributed by atoms with Gasteiger partial charge in [-0.2, -0.15) is 0 Å². The van der Waals surface area contributed by atoms with Gasteiger partial charge in [-0.1, -0.05) is 0 Å². The van der Waals surface area contributed by atoms with Gasteiger partial charge in [0.15, 0.2) is 0 Å². The predicted molar refractivity (Wildman–Crippen MR) is 57.5 cm³/mol. The number of hydrogen-bond acceptors (Lipinski definition) is 2. The molecule has 0 saturated carbocycles. The van der Waals surface area contributed by atoms with Gasteiger partial charge in [-0.15, -0.1) is 0 Å². The molecule has 1 aromatic heterocycles. The number of nitrogens with zero attached hydrogens (tertiary/aromatic N) is 1. The Labute approximate surface area is 91.7 Å². The lowest BCUT2D eigenvalue weighted by Crippen LogP contribution is -2.00. The number of benzene rings is 1. The summed E-state index contributed by atoms with van der Waals surface area (Å²) in [5.41, 5.74) is 7.00. The molecule has 2 nitrogen and oxygen atoms in total. The molecule has 0 fully saturated rings. The smallest absolute Gasteiger partial charge is 0.131 e. The van der Waals surface area contributed by atoms with E-state index in [-0.39, 0.29) is 12.1 Å². The maximum Gasteiger partial charge on any atom is 0.131 e. The van der Waals surface area contributed by atoms with Crippen molar-refractivity contribution in [2.24, 2.45) is 5.73 Å². The Morgan fingerprint density at radius 2 is 1.94 bits per heavy atom. The standard InChI is InChI=1S/C12H10F2N2/c13-9-1-2-12(14)11(5-9)10-3-4-16-7-8(10)6-15/h1-5,7H,6,15H2. The van der Waals surface area contributed by atoms with E-state index in [1.807, 2.05) is 0 Å². The van der Waals surface area contributed by atoms with E-state index in [2.05, 4.69) is 4.98 Å². The second-order valence-corrected chi connectivity index (χ2v) is 3.36. The minimum absolute atomic E-state index is 0.211. The van der Waals surface area contributed by atoms with Crippen molar-refractivity contribution < 1.29 is 8.78 Å². The minimum Gasteiger partial charge on any atom is -0.326 e. The zero-order valence-corrected chi connectivity index (χ0v) is 8.45. The van der Waals surface area contributed by atoms with E-state index in [9.17, 15) is 8.78 Å². The first kappa shape index (κ1) is 10.7. The van der Waals surface area contributed by atoms with Crippen LogP contribution in [0.3, 0.4) is 0 Å². The highest BCUT2D eigenvalue weighted by atomic mass is 19.1. The zero-order valence-electron chi connectivity index (χ0n) is 8.45. The van der Waals surface area contributed by atoms with Gasteiger partial charge in [0.25, 0.3) is 0 Å². The van der Waals surface area contributed by atoms with Gasteiger partial charge in [0, 0.05) is 24.5 Å². The topological polar surface area (TPSA) is 38.9 Å². The Bertz CT molecular complexity index is 512. The molecule has 4 heteroatoms. The fourth-order valence-electron chi connectivity index (χ4n) is 1.56. The van der Waals surface area contributed by atoms with Crippen LogP contribution in [0.5, 0.6) is 0 Å². The Morgan fingerprint density at radius 3 is 2.69 bits per heavy atom. The minimum atomic E-state index is -0.476. The number of halogens is 2. The van der Waals surface area contributed by atoms with E-state index in [1.54, 1.807) is 12.3 Å². The Morgan fingerprint density at radius 1 is 1.12 bits per heavy atom. The van der Waals surface area contributed by atoms with Crippen molar-refractivity contribution in [1.82, 2.24) is 4.98 Å². The molecule has 0 unspecified atom stereocenters. The van der Waals surface area contributed by atoms with E-state index >= 15 is 0 Å². The van der Waals surface area contributed by atoms with E-state index in [0.29, 0.717) is 11.1 Å². The van der Waals surface area contributed by atoms with Crippen LogP contribution in [0.15, 0.2) is 36.7 Å². The van der Waals surface area contributed by atoms with Gasteiger partial charge in [-0.05, 0) is 35.4 Å². The molecule has 82 valence electrons. The van der Waals surface area contributed by atoms with Gasteiger partial charge in [0.05, 0.1) is 0 Å². The van der Waals surface area contributed by atoms with E-state index in [1.165, 1.54) is 6.20 Å². The molecule has 0 saturated heterocycles. The van der Waals surface area contributed by atoms with Crippen molar-refractivity contribution in [1.29, 1.82) is 0 Å². The third-order valence-corrected chi connectivity index (χ3v) is 2.34. The monoisotopic (exact) mass is 220 g/mol. The molecule has 0 aliphatic carbocycles. The van der Waals surface area contributed by atoms with Crippen LogP contribution < -0.4 is 5.73 Å². The quantitative estimate of drug-likeness (QED) is 0.844. The maximum absolute atomic E-state index is 13.5. The van der Waals surface area contributed by atoms with Crippen molar-refractivity contribution in [3.63, 3.8) is 0 Å². The van der Waals surface area contributed by atoms with Crippen LogP contribution in [0.1, 0.15) is 5.56 Å². The van der Waals surface area contributed by atoms with Crippen molar-refractivity contribution in [3.05, 3.63) is 53.9 Å². The van der Waals surface area contributed by atoms with Crippen LogP contribution in [0.25, 0.3) is 11.1 Å². The molecule has 0 atom stereocenters. The average molecular weight is 220 g/mol. The first-order chi connectivity index (χ1) is 7.72. The van der Waals surface area contributed by atoms with Crippen LogP contribution in [0, 0.1) is 11.6 Å². The molecule has 0 bridgehead atoms. The van der Waals surface area contributed by atoms with E-state index in [4.69, 9.17) is 5.73 Å². The number of hydrogen-bond donors (Lipinski definition) is 1. The normalized spacial score (nSPS) is 10.4. The van der Waals surface area contributed by atoms with E-state index in [0.717, 1.165) is 18.2 Å². The Kier molecular flexibility index (Phi) is 2.92. The molecule has 0 radical (unpaired) electrons. The van der Waals surface area contributed by atoms with Gasteiger partial charge in [0.1, 0.15) is 11.6 Å². The predicted octanol–water partition coefficient (Wildman–Crippen LogP) is 2.49. The Balaban J connectivity index is 2.62. The molecule has 2 N–H and O–H groups in total. The lowest BCUT2D eigenvalue weighted by Gasteiger charge is -2.08. The molecule has 16 heavy (non-hydrogen) atoms. The number of aromatic nitrogens is 1. The van der Waals surface area contributed by atoms with Crippen LogP contribution >= 0.6 is 0 Å². The zero-order chi connectivity index (χ0) is 11.5. The van der Waals surface area contributed by atoms with Gasteiger partial charge in [-0.25, -0.2) is 8.78 Å². The summed E-state index contributed by atoms with van der Waals surface area (Å²) in [6, 6.07) is 4.97. The third-order valence-electron chi connectivity index (χ3n) is 2.34. The summed E-state index contributed by atoms with van der Waals surface area (Å²) in [6.45, 7) is 0.235. The largest absolute Gasteiger partial charge is 0.326 e. The number of pyridine rings is 1. The van der Waals surface area contributed by atoms with Crippen molar-refractivity contribution in [2.45, 2.75) is 6.54 Å². The highest BCUT2D eigenvalue weighted by molar-refractivity contribution is 5.67. The summed E-state index contributed by atoms with van der Waals surface area (Å²) in [4.78, 5) is 3.90. The first-order valence-electron chi connectivity index (χ1n) is 4.80. The molecular formula is C12H10F2N2. The SMILES string of the molecule is NCc1cnccc1-c1cc(F)ccc1F. The van der Waals surface area contributed by atoms with E-state index < -0.39 is 11.6 Å². The van der Waals surface area contributed by atoms with Gasteiger partial charge in [-0.3, -0.25) is 4.98 Å². The number of nitrogens with two attached hydrogens (primary N) is 1. The highest BCUT2D eigenvalue weighted by Gasteiger charge is 2.09. The summed E-state index contributed by atoms with van der Waals surface area (Å²) in [7, 11) is 0. The fourth-order valence-corrected chi connectivity index (χ4v) is 1.56. The Hall–Kier alpha value is -1.81. The highest BCUT2D eigenvalue weighted by Crippen LogP contribution is 2.26. The molecule has 0 aliphatic rings. The van der Waals surface area contributed by atoms with Gasteiger partial charge >= 0.3 is 0 Å². The summed E-state index contributed by atoms with van der Waals surface area (Å²) >= 11 is 0. The molecule has 0 spiro atoms. The number of rotatable bonds is 2. The summed E-state index contributed by atoms with van der Waals surface area (Å²) in [6.07, 6.45) is 3.08. The van der Waals surface area contributed by atoms with Gasteiger partial charge < -0.3 is 5.73 Å². The van der Waals surface area contributed by atoms with Crippen LogP contribution in [-0.2, 0) is 6.54 Å². The van der Waals surface area contributed by atoms with Crippen molar-refractivity contribution >= 4 is 0 Å². The van der Waals surface area contributed by atoms with Crippen LogP contribution in [0.2, 0.25) is 0 Å². The fraction of sp³-hybridized carbons (Fsp3) is 0.0833. The molecule has 1 aromatic carbocycles. The summed E-state index contributed by atoms with van der Waals surface area (Å²) in [5.74, 6) is -0.946. The molecule has 2 rings (SSSR count). The maximum atomic E-state index is 13.5. The molecule has 0 aliphatic heterocycles. The van der Waals surface area contributed by atoms with Crippen molar-refractivity contribution in [3.8, 4) is 11.1 Å². The molecule has 0 amide bonds. The molecular weight excluding hydrogens is 210 g/mol. The summed E-state index contributed by atoms with van der Waals surface area (Å²) in [5, 5.41) is 0. The summed E-state index contributed by atoms with van der Waals surface area (Å²) < 4.78 is 26.6. The van der Waals surface area contributed by atoms with Crippen LogP contribution in [-0.4, -0.2) is 4.98 Å². The van der Waals surface area contributed by atoms with Gasteiger partial charge in [0.2, 0.25) is 0 Å². The first-order valence-corrected chi connectivity index (χ1v) is 4.80. The molecule has 2 aromatic rings. The van der Waals surface area contributed by atoms with Crippen molar-refractivity contribution in [2.75, 3.05) is 0 Å². The lowest BCUT2D eigenvalue weighted by molar-refractivity contribution is 0.603. The second kappa shape index (κ2) is 4.37.